The van der Waals surface area contributed by atoms with Crippen LogP contribution in [0.5, 0.6) is 0 Å². The molecule has 0 radical (unpaired) electrons. The topological polar surface area (TPSA) is 71.1 Å². The third-order valence-corrected chi connectivity index (χ3v) is 6.86. The van der Waals surface area contributed by atoms with Gasteiger partial charge in [0.25, 0.3) is 0 Å². The zero-order valence-corrected chi connectivity index (χ0v) is 16.9. The third kappa shape index (κ3) is 11.5. The molecule has 0 spiro atoms. The van der Waals surface area contributed by atoms with Gasteiger partial charge in [-0.25, -0.2) is 0 Å². The van der Waals surface area contributed by atoms with Crippen molar-refractivity contribution in [3.05, 3.63) is 0 Å². The van der Waals surface area contributed by atoms with Crippen LogP contribution in [0.3, 0.4) is 0 Å². The van der Waals surface area contributed by atoms with Crippen LogP contribution in [0, 0.1) is 0 Å². The van der Waals surface area contributed by atoms with Crippen LogP contribution in [0.15, 0.2) is 0 Å². The van der Waals surface area contributed by atoms with Gasteiger partial charge in [-0.2, -0.15) is 0 Å². The first-order valence-corrected chi connectivity index (χ1v) is 12.2. The molecule has 0 rings (SSSR count). The molecule has 0 aromatic rings. The number of rotatable bonds is 16. The second-order valence-corrected chi connectivity index (χ2v) is 9.73. The van der Waals surface area contributed by atoms with Gasteiger partial charge in [0.2, 0.25) is 0 Å². The fourth-order valence-corrected chi connectivity index (χ4v) is 5.56. The van der Waals surface area contributed by atoms with Crippen molar-refractivity contribution in [3.8, 4) is 0 Å². The van der Waals surface area contributed by atoms with Crippen LogP contribution in [-0.2, 0) is 27.2 Å². The van der Waals surface area contributed by atoms with Gasteiger partial charge < -0.3 is 18.1 Å². The van der Waals surface area contributed by atoms with Gasteiger partial charge in [0.15, 0.2) is 0 Å². The Kier molecular flexibility index (Phi) is 13.8. The summed E-state index contributed by atoms with van der Waals surface area (Å²) in [4.78, 5) is 0. The zero-order valence-electron chi connectivity index (χ0n) is 15.1. The largest absolute Gasteiger partial charge is 0.330 e. The van der Waals surface area contributed by atoms with Crippen LogP contribution in [0.4, 0.5) is 0 Å². The van der Waals surface area contributed by atoms with E-state index in [4.69, 9.17) is 18.1 Å². The molecule has 0 N–H and O–H groups in total. The van der Waals surface area contributed by atoms with Crippen molar-refractivity contribution in [1.82, 2.24) is 0 Å². The minimum absolute atomic E-state index is 0.238. The van der Waals surface area contributed by atoms with E-state index in [-0.39, 0.29) is 12.3 Å². The summed E-state index contributed by atoms with van der Waals surface area (Å²) in [6.07, 6.45) is 4.00. The van der Waals surface area contributed by atoms with Gasteiger partial charge in [-0.1, -0.05) is 27.7 Å². The van der Waals surface area contributed by atoms with Crippen molar-refractivity contribution in [2.45, 2.75) is 59.8 Å². The van der Waals surface area contributed by atoms with E-state index < -0.39 is 15.2 Å². The summed E-state index contributed by atoms with van der Waals surface area (Å²) in [7, 11) is -6.24. The van der Waals surface area contributed by atoms with Crippen LogP contribution in [0.1, 0.15) is 59.8 Å². The minimum atomic E-state index is -3.12. The Hall–Kier alpha value is 0.300. The molecule has 0 aliphatic carbocycles. The maximum atomic E-state index is 12.6. The van der Waals surface area contributed by atoms with E-state index in [0.29, 0.717) is 32.8 Å². The highest BCUT2D eigenvalue weighted by atomic mass is 31.2. The molecule has 0 aromatic heterocycles. The van der Waals surface area contributed by atoms with E-state index in [9.17, 15) is 9.13 Å². The molecule has 0 unspecified atom stereocenters. The fourth-order valence-electron chi connectivity index (χ4n) is 1.71. The molecular formula is C15H34O6P2. The van der Waals surface area contributed by atoms with Crippen molar-refractivity contribution >= 4 is 15.2 Å². The van der Waals surface area contributed by atoms with Gasteiger partial charge in [-0.05, 0) is 32.1 Å². The summed E-state index contributed by atoms with van der Waals surface area (Å²) < 4.78 is 46.9. The Bertz CT molecular complexity index is 317. The lowest BCUT2D eigenvalue weighted by molar-refractivity contribution is 0.200. The second-order valence-electron chi connectivity index (χ2n) is 5.36. The van der Waals surface area contributed by atoms with Crippen molar-refractivity contribution in [3.63, 3.8) is 0 Å². The Morgan fingerprint density at radius 2 is 0.826 bits per heavy atom. The highest BCUT2D eigenvalue weighted by Gasteiger charge is 2.28. The van der Waals surface area contributed by atoms with Gasteiger partial charge in [0.05, 0.1) is 38.8 Å². The molecule has 0 aliphatic rings. The molecule has 0 aromatic carbocycles. The summed E-state index contributed by atoms with van der Waals surface area (Å²) in [5.41, 5.74) is 0. The maximum absolute atomic E-state index is 12.6. The number of hydrogen-bond donors (Lipinski definition) is 0. The van der Waals surface area contributed by atoms with E-state index in [0.717, 1.165) is 25.7 Å². The third-order valence-electron chi connectivity index (χ3n) is 2.83. The molecule has 8 heteroatoms. The van der Waals surface area contributed by atoms with Crippen molar-refractivity contribution in [2.24, 2.45) is 0 Å². The summed E-state index contributed by atoms with van der Waals surface area (Å²) >= 11 is 0. The van der Waals surface area contributed by atoms with E-state index in [2.05, 4.69) is 0 Å². The van der Waals surface area contributed by atoms with Crippen molar-refractivity contribution in [2.75, 3.05) is 38.8 Å². The fraction of sp³-hybridized carbons (Fsp3) is 1.00. The molecule has 0 atom stereocenters. The SMILES string of the molecule is CCCOP(=O)(CCCP(=O)(OCCC)OCCC)OCCC. The van der Waals surface area contributed by atoms with Gasteiger partial charge in [-0.3, -0.25) is 9.13 Å². The molecular weight excluding hydrogens is 338 g/mol. The molecule has 0 aliphatic heterocycles. The maximum Gasteiger partial charge on any atom is 0.330 e. The van der Waals surface area contributed by atoms with Crippen molar-refractivity contribution in [1.29, 1.82) is 0 Å². The summed E-state index contributed by atoms with van der Waals surface area (Å²) in [5, 5.41) is 0. The van der Waals surface area contributed by atoms with Gasteiger partial charge >= 0.3 is 15.2 Å². The van der Waals surface area contributed by atoms with Crippen LogP contribution in [-0.4, -0.2) is 38.8 Å². The average Bonchev–Trinajstić information content (AvgIpc) is 2.55. The zero-order chi connectivity index (χ0) is 17.6. The van der Waals surface area contributed by atoms with E-state index in [1.165, 1.54) is 0 Å². The molecule has 0 fully saturated rings. The quantitative estimate of drug-likeness (QED) is 0.335. The highest BCUT2D eigenvalue weighted by molar-refractivity contribution is 7.54. The highest BCUT2D eigenvalue weighted by Crippen LogP contribution is 2.53. The standard InChI is InChI=1S/C15H34O6P2/c1-5-10-18-22(16,19-11-6-2)14-9-15-23(17,20-12-7-3)21-13-8-4/h5-15H2,1-4H3. The first-order chi connectivity index (χ1) is 10.9. The molecule has 140 valence electrons. The molecule has 6 nitrogen and oxygen atoms in total. The van der Waals surface area contributed by atoms with Gasteiger partial charge in [0.1, 0.15) is 0 Å². The predicted molar refractivity (Wildman–Crippen MR) is 94.5 cm³/mol. The van der Waals surface area contributed by atoms with Crippen LogP contribution in [0.25, 0.3) is 0 Å². The molecule has 0 saturated heterocycles. The van der Waals surface area contributed by atoms with E-state index in [1.807, 2.05) is 27.7 Å². The first-order valence-electron chi connectivity index (χ1n) is 8.71. The molecule has 0 amide bonds. The summed E-state index contributed by atoms with van der Waals surface area (Å²) in [6.45, 7) is 9.42. The Labute approximate surface area is 141 Å². The lowest BCUT2D eigenvalue weighted by atomic mass is 10.5. The van der Waals surface area contributed by atoms with Crippen LogP contribution < -0.4 is 0 Å². The van der Waals surface area contributed by atoms with Gasteiger partial charge in [0, 0.05) is 0 Å². The molecule has 23 heavy (non-hydrogen) atoms. The Balaban J connectivity index is 4.53. The smallest absolute Gasteiger partial charge is 0.309 e. The first kappa shape index (κ1) is 23.3. The average molecular weight is 372 g/mol. The second kappa shape index (κ2) is 13.6. The lowest BCUT2D eigenvalue weighted by Crippen LogP contribution is -2.07. The Morgan fingerprint density at radius 3 is 1.04 bits per heavy atom. The van der Waals surface area contributed by atoms with Crippen LogP contribution >= 0.6 is 15.2 Å². The lowest BCUT2D eigenvalue weighted by Gasteiger charge is -2.21. The van der Waals surface area contributed by atoms with Crippen molar-refractivity contribution < 1.29 is 27.2 Å². The predicted octanol–water partition coefficient (Wildman–Crippen LogP) is 5.47. The minimum Gasteiger partial charge on any atom is -0.309 e. The normalized spacial score (nSPS) is 12.7. The van der Waals surface area contributed by atoms with E-state index >= 15 is 0 Å². The van der Waals surface area contributed by atoms with Crippen LogP contribution in [0.2, 0.25) is 0 Å². The number of hydrogen-bond acceptors (Lipinski definition) is 6. The summed E-state index contributed by atoms with van der Waals surface area (Å²) in [6, 6.07) is 0. The molecule has 0 bridgehead atoms. The summed E-state index contributed by atoms with van der Waals surface area (Å²) in [5.74, 6) is 0. The monoisotopic (exact) mass is 372 g/mol. The molecule has 0 saturated carbocycles. The Morgan fingerprint density at radius 1 is 0.565 bits per heavy atom. The molecule has 0 heterocycles. The van der Waals surface area contributed by atoms with E-state index in [1.54, 1.807) is 0 Å². The van der Waals surface area contributed by atoms with Gasteiger partial charge in [-0.15, -0.1) is 0 Å².